The van der Waals surface area contributed by atoms with Crippen LogP contribution in [0.4, 0.5) is 0 Å². The fraction of sp³-hybridized carbons (Fsp3) is 0.259. The van der Waals surface area contributed by atoms with Gasteiger partial charge in [-0.05, 0) is 37.1 Å². The molecule has 0 aliphatic carbocycles. The molecule has 1 atom stereocenters. The molecule has 0 bridgehead atoms. The van der Waals surface area contributed by atoms with Crippen molar-refractivity contribution >= 4 is 21.8 Å². The molecule has 1 saturated heterocycles. The number of hydrogen-bond acceptors (Lipinski definition) is 6. The molecule has 0 amide bonds. The summed E-state index contributed by atoms with van der Waals surface area (Å²) in [7, 11) is -2.16. The highest BCUT2D eigenvalue weighted by atomic mass is 32.2. The van der Waals surface area contributed by atoms with Gasteiger partial charge in [0.2, 0.25) is 15.8 Å². The van der Waals surface area contributed by atoms with Gasteiger partial charge in [0.05, 0.1) is 17.9 Å². The van der Waals surface area contributed by atoms with Crippen molar-refractivity contribution < 1.29 is 27.5 Å². The summed E-state index contributed by atoms with van der Waals surface area (Å²) < 4.78 is 38.2. The SMILES string of the molecule is COc1ccc(S(=O)(=O)N2CCC(C(=O)OC(C(=O)c3ccccc3)c3ccccc3)CC2)cc1. The van der Waals surface area contributed by atoms with Crippen molar-refractivity contribution in [1.29, 1.82) is 0 Å². The molecule has 0 N–H and O–H groups in total. The van der Waals surface area contributed by atoms with Crippen LogP contribution in [0.15, 0.2) is 89.8 Å². The molecule has 1 heterocycles. The van der Waals surface area contributed by atoms with E-state index in [2.05, 4.69) is 0 Å². The van der Waals surface area contributed by atoms with Gasteiger partial charge < -0.3 is 9.47 Å². The van der Waals surface area contributed by atoms with Gasteiger partial charge in [-0.1, -0.05) is 60.7 Å². The zero-order chi connectivity index (χ0) is 24.8. The van der Waals surface area contributed by atoms with Gasteiger partial charge in [0, 0.05) is 24.2 Å². The van der Waals surface area contributed by atoms with Gasteiger partial charge in [-0.15, -0.1) is 0 Å². The summed E-state index contributed by atoms with van der Waals surface area (Å²) in [5.41, 5.74) is 1.05. The minimum Gasteiger partial charge on any atom is -0.497 e. The number of benzene rings is 3. The number of carbonyl (C=O) groups excluding carboxylic acids is 2. The van der Waals surface area contributed by atoms with Gasteiger partial charge in [0.1, 0.15) is 5.75 Å². The van der Waals surface area contributed by atoms with Crippen molar-refractivity contribution in [1.82, 2.24) is 4.31 Å². The lowest BCUT2D eigenvalue weighted by atomic mass is 9.97. The highest BCUT2D eigenvalue weighted by Gasteiger charge is 2.35. The maximum Gasteiger partial charge on any atom is 0.310 e. The van der Waals surface area contributed by atoms with E-state index in [1.807, 2.05) is 12.1 Å². The monoisotopic (exact) mass is 493 g/mol. The van der Waals surface area contributed by atoms with Gasteiger partial charge in [0.15, 0.2) is 6.10 Å². The van der Waals surface area contributed by atoms with Crippen LogP contribution in [-0.2, 0) is 19.6 Å². The zero-order valence-electron chi connectivity index (χ0n) is 19.4. The van der Waals surface area contributed by atoms with Gasteiger partial charge in [-0.3, -0.25) is 9.59 Å². The van der Waals surface area contributed by atoms with E-state index < -0.39 is 28.0 Å². The molecular weight excluding hydrogens is 466 g/mol. The molecule has 0 aromatic heterocycles. The molecule has 182 valence electrons. The third kappa shape index (κ3) is 5.61. The standard InChI is InChI=1S/C27H27NO6S/c1-33-23-12-14-24(15-13-23)35(31,32)28-18-16-22(17-19-28)27(30)34-26(21-10-6-3-7-11-21)25(29)20-8-4-2-5-9-20/h2-15,22,26H,16-19H2,1H3. The lowest BCUT2D eigenvalue weighted by molar-refractivity contribution is -0.153. The van der Waals surface area contributed by atoms with E-state index in [9.17, 15) is 18.0 Å². The van der Waals surface area contributed by atoms with Crippen LogP contribution < -0.4 is 4.74 Å². The van der Waals surface area contributed by atoms with E-state index in [1.165, 1.54) is 23.5 Å². The van der Waals surface area contributed by atoms with Crippen LogP contribution in [0.25, 0.3) is 0 Å². The molecule has 1 fully saturated rings. The Hall–Kier alpha value is -3.49. The molecule has 35 heavy (non-hydrogen) atoms. The maximum absolute atomic E-state index is 13.2. The molecule has 0 spiro atoms. The number of ether oxygens (including phenoxy) is 2. The molecule has 0 saturated carbocycles. The van der Waals surface area contributed by atoms with Gasteiger partial charge in [0.25, 0.3) is 0 Å². The summed E-state index contributed by atoms with van der Waals surface area (Å²) in [6.07, 6.45) is -0.433. The minimum atomic E-state index is -3.68. The number of nitrogens with zero attached hydrogens (tertiary/aromatic N) is 1. The quantitative estimate of drug-likeness (QED) is 0.344. The Morgan fingerprint density at radius 3 is 2.00 bits per heavy atom. The van der Waals surface area contributed by atoms with Crippen molar-refractivity contribution in [2.75, 3.05) is 20.2 Å². The maximum atomic E-state index is 13.2. The third-order valence-corrected chi connectivity index (χ3v) is 8.03. The van der Waals surface area contributed by atoms with E-state index in [-0.39, 0.29) is 23.8 Å². The summed E-state index contributed by atoms with van der Waals surface area (Å²) >= 11 is 0. The van der Waals surface area contributed by atoms with Crippen LogP contribution in [0.1, 0.15) is 34.9 Å². The Morgan fingerprint density at radius 2 is 1.43 bits per heavy atom. The fourth-order valence-electron chi connectivity index (χ4n) is 4.10. The summed E-state index contributed by atoms with van der Waals surface area (Å²) in [5.74, 6) is -0.718. The zero-order valence-corrected chi connectivity index (χ0v) is 20.2. The molecule has 8 heteroatoms. The lowest BCUT2D eigenvalue weighted by Crippen LogP contribution is -2.41. The number of Topliss-reactive ketones (excluding diaryl/α,β-unsaturated/α-hetero) is 1. The highest BCUT2D eigenvalue weighted by Crippen LogP contribution is 2.29. The first-order chi connectivity index (χ1) is 16.9. The summed E-state index contributed by atoms with van der Waals surface area (Å²) in [6, 6.07) is 23.8. The van der Waals surface area contributed by atoms with E-state index >= 15 is 0 Å². The Kier molecular flexibility index (Phi) is 7.63. The Balaban J connectivity index is 1.44. The van der Waals surface area contributed by atoms with Crippen molar-refractivity contribution in [3.8, 4) is 5.75 Å². The Labute approximate surface area is 205 Å². The van der Waals surface area contributed by atoms with Crippen molar-refractivity contribution in [3.05, 3.63) is 96.1 Å². The molecule has 3 aromatic rings. The average molecular weight is 494 g/mol. The number of esters is 1. The summed E-state index contributed by atoms with van der Waals surface area (Å²) in [5, 5.41) is 0. The lowest BCUT2D eigenvalue weighted by Gasteiger charge is -2.31. The molecule has 7 nitrogen and oxygen atoms in total. The van der Waals surface area contributed by atoms with E-state index in [1.54, 1.807) is 60.7 Å². The molecule has 0 radical (unpaired) electrons. The number of carbonyl (C=O) groups is 2. The van der Waals surface area contributed by atoms with Crippen LogP contribution in [0.5, 0.6) is 5.75 Å². The number of sulfonamides is 1. The molecule has 4 rings (SSSR count). The van der Waals surface area contributed by atoms with E-state index in [0.717, 1.165) is 0 Å². The second-order valence-electron chi connectivity index (χ2n) is 8.31. The third-order valence-electron chi connectivity index (χ3n) is 6.12. The Bertz CT molecular complexity index is 1250. The molecule has 1 aliphatic rings. The van der Waals surface area contributed by atoms with Gasteiger partial charge in [-0.25, -0.2) is 8.42 Å². The van der Waals surface area contributed by atoms with Crippen molar-refractivity contribution in [3.63, 3.8) is 0 Å². The van der Waals surface area contributed by atoms with Gasteiger partial charge >= 0.3 is 5.97 Å². The predicted molar refractivity (Wildman–Crippen MR) is 131 cm³/mol. The topological polar surface area (TPSA) is 90.0 Å². The smallest absolute Gasteiger partial charge is 0.310 e. The van der Waals surface area contributed by atoms with Crippen LogP contribution in [-0.4, -0.2) is 44.7 Å². The second-order valence-corrected chi connectivity index (χ2v) is 10.2. The highest BCUT2D eigenvalue weighted by molar-refractivity contribution is 7.89. The predicted octanol–water partition coefficient (Wildman–Crippen LogP) is 4.26. The number of hydrogen-bond donors (Lipinski definition) is 0. The molecule has 3 aromatic carbocycles. The number of methoxy groups -OCH3 is 1. The first kappa shape index (κ1) is 24.6. The number of rotatable bonds is 8. The summed E-state index contributed by atoms with van der Waals surface area (Å²) in [6.45, 7) is 0.382. The number of piperidine rings is 1. The fourth-order valence-corrected chi connectivity index (χ4v) is 5.57. The largest absolute Gasteiger partial charge is 0.497 e. The van der Waals surface area contributed by atoms with Crippen molar-refractivity contribution in [2.45, 2.75) is 23.8 Å². The molecule has 1 aliphatic heterocycles. The van der Waals surface area contributed by atoms with Crippen LogP contribution in [0.2, 0.25) is 0 Å². The average Bonchev–Trinajstić information content (AvgIpc) is 2.92. The van der Waals surface area contributed by atoms with Gasteiger partial charge in [-0.2, -0.15) is 4.31 Å². The minimum absolute atomic E-state index is 0.178. The number of ketones is 1. The van der Waals surface area contributed by atoms with Crippen LogP contribution in [0, 0.1) is 5.92 Å². The van der Waals surface area contributed by atoms with Crippen molar-refractivity contribution in [2.24, 2.45) is 5.92 Å². The van der Waals surface area contributed by atoms with E-state index in [0.29, 0.717) is 29.7 Å². The normalized spacial score (nSPS) is 15.8. The van der Waals surface area contributed by atoms with Crippen LogP contribution in [0.3, 0.4) is 0 Å². The van der Waals surface area contributed by atoms with Crippen LogP contribution >= 0.6 is 0 Å². The summed E-state index contributed by atoms with van der Waals surface area (Å²) in [4.78, 5) is 26.4. The molecule has 1 unspecified atom stereocenters. The second kappa shape index (κ2) is 10.8. The first-order valence-corrected chi connectivity index (χ1v) is 12.8. The first-order valence-electron chi connectivity index (χ1n) is 11.4. The van der Waals surface area contributed by atoms with E-state index in [4.69, 9.17) is 9.47 Å². The Morgan fingerprint density at radius 1 is 0.857 bits per heavy atom. The molecular formula is C27H27NO6S.